The zero-order valence-corrected chi connectivity index (χ0v) is 14.3. The van der Waals surface area contributed by atoms with E-state index < -0.39 is 10.9 Å². The van der Waals surface area contributed by atoms with Gasteiger partial charge in [-0.3, -0.25) is 10.1 Å². The molecule has 0 amide bonds. The Morgan fingerprint density at radius 3 is 2.63 bits per heavy atom. The van der Waals surface area contributed by atoms with Crippen molar-refractivity contribution in [1.29, 1.82) is 0 Å². The lowest BCUT2D eigenvalue weighted by atomic mass is 10.1. The van der Waals surface area contributed by atoms with Crippen LogP contribution in [0.1, 0.15) is 5.56 Å². The van der Waals surface area contributed by atoms with Crippen LogP contribution in [0.4, 0.5) is 5.69 Å². The lowest BCUT2D eigenvalue weighted by molar-refractivity contribution is -0.385. The van der Waals surface area contributed by atoms with Gasteiger partial charge < -0.3 is 9.84 Å². The maximum absolute atomic E-state index is 11.3. The molecule has 0 aliphatic rings. The summed E-state index contributed by atoms with van der Waals surface area (Å²) in [5.41, 5.74) is 1.99. The topological polar surface area (TPSA) is 107 Å². The summed E-state index contributed by atoms with van der Waals surface area (Å²) >= 11 is 0. The van der Waals surface area contributed by atoms with E-state index in [1.54, 1.807) is 16.9 Å². The Labute approximate surface area is 154 Å². The highest BCUT2D eigenvalue weighted by atomic mass is 16.6. The molecule has 0 saturated carbocycles. The number of aliphatic carboxylic acids is 1. The third kappa shape index (κ3) is 3.84. The summed E-state index contributed by atoms with van der Waals surface area (Å²) in [5.74, 6) is -0.969. The fraction of sp³-hybridized carbons (Fsp3) is 0.0526. The highest BCUT2D eigenvalue weighted by Gasteiger charge is 2.19. The number of aromatic nitrogens is 2. The molecule has 0 bridgehead atoms. The second-order valence-corrected chi connectivity index (χ2v) is 5.53. The number of nitro groups is 1. The minimum absolute atomic E-state index is 0.133. The third-order valence-corrected chi connectivity index (χ3v) is 3.82. The molecule has 1 aromatic heterocycles. The number of rotatable bonds is 6. The lowest BCUT2D eigenvalue weighted by Gasteiger charge is -2.04. The zero-order valence-electron chi connectivity index (χ0n) is 14.3. The van der Waals surface area contributed by atoms with Gasteiger partial charge in [-0.15, -0.1) is 0 Å². The summed E-state index contributed by atoms with van der Waals surface area (Å²) in [5, 5.41) is 24.7. The Morgan fingerprint density at radius 1 is 1.26 bits per heavy atom. The van der Waals surface area contributed by atoms with E-state index >= 15 is 0 Å². The standard InChI is InChI=1S/C19H15N3O5/c1-27-17-9-7-13(11-16(17)22(25)26)19-14(8-10-18(23)24)12-21(20-19)15-5-3-2-4-6-15/h2-12H,1H3,(H,23,24)/b10-8+. The summed E-state index contributed by atoms with van der Waals surface area (Å²) < 4.78 is 6.61. The van der Waals surface area contributed by atoms with Crippen LogP contribution in [-0.2, 0) is 4.79 Å². The number of methoxy groups -OCH3 is 1. The molecule has 0 fully saturated rings. The van der Waals surface area contributed by atoms with E-state index in [0.29, 0.717) is 16.8 Å². The predicted octanol–water partition coefficient (Wildman–Crippen LogP) is 3.55. The smallest absolute Gasteiger partial charge is 0.328 e. The van der Waals surface area contributed by atoms with Crippen molar-refractivity contribution >= 4 is 17.7 Å². The van der Waals surface area contributed by atoms with Gasteiger partial charge in [-0.2, -0.15) is 5.10 Å². The maximum Gasteiger partial charge on any atom is 0.328 e. The van der Waals surface area contributed by atoms with Gasteiger partial charge in [-0.05, 0) is 30.3 Å². The molecular formula is C19H15N3O5. The van der Waals surface area contributed by atoms with E-state index in [9.17, 15) is 14.9 Å². The molecule has 1 N–H and O–H groups in total. The zero-order chi connectivity index (χ0) is 19.4. The molecule has 0 atom stereocenters. The van der Waals surface area contributed by atoms with E-state index in [2.05, 4.69) is 5.10 Å². The number of nitro benzene ring substituents is 1. The molecule has 0 aliphatic carbocycles. The number of nitrogens with zero attached hydrogens (tertiary/aromatic N) is 3. The number of benzene rings is 2. The minimum Gasteiger partial charge on any atom is -0.490 e. The summed E-state index contributed by atoms with van der Waals surface area (Å²) in [6.07, 6.45) is 4.06. The number of carbonyl (C=O) groups is 1. The molecule has 0 spiro atoms. The largest absolute Gasteiger partial charge is 0.490 e. The van der Waals surface area contributed by atoms with Crippen molar-refractivity contribution in [2.24, 2.45) is 0 Å². The number of hydrogen-bond donors (Lipinski definition) is 1. The summed E-state index contributed by atoms with van der Waals surface area (Å²) in [4.78, 5) is 21.7. The van der Waals surface area contributed by atoms with E-state index in [4.69, 9.17) is 9.84 Å². The second-order valence-electron chi connectivity index (χ2n) is 5.53. The van der Waals surface area contributed by atoms with Gasteiger partial charge in [-0.25, -0.2) is 9.48 Å². The average Bonchev–Trinajstić information content (AvgIpc) is 3.10. The van der Waals surface area contributed by atoms with Gasteiger partial charge in [0.15, 0.2) is 5.75 Å². The fourth-order valence-corrected chi connectivity index (χ4v) is 2.59. The van der Waals surface area contributed by atoms with E-state index in [1.165, 1.54) is 25.3 Å². The van der Waals surface area contributed by atoms with Crippen molar-refractivity contribution in [2.45, 2.75) is 0 Å². The van der Waals surface area contributed by atoms with Crippen molar-refractivity contribution in [3.63, 3.8) is 0 Å². The first kappa shape index (κ1) is 17.9. The molecule has 8 nitrogen and oxygen atoms in total. The molecular weight excluding hydrogens is 350 g/mol. The monoisotopic (exact) mass is 365 g/mol. The molecule has 0 aliphatic heterocycles. The Kier molecular flexibility index (Phi) is 4.98. The van der Waals surface area contributed by atoms with E-state index in [1.807, 2.05) is 30.3 Å². The molecule has 136 valence electrons. The SMILES string of the molecule is COc1ccc(-c2nn(-c3ccccc3)cc2/C=C/C(=O)O)cc1[N+](=O)[O-]. The highest BCUT2D eigenvalue weighted by Crippen LogP contribution is 2.33. The molecule has 1 heterocycles. The maximum atomic E-state index is 11.3. The van der Waals surface area contributed by atoms with E-state index in [0.717, 1.165) is 11.8 Å². The van der Waals surface area contributed by atoms with Crippen LogP contribution in [0.3, 0.4) is 0 Å². The van der Waals surface area contributed by atoms with Gasteiger partial charge in [-0.1, -0.05) is 18.2 Å². The van der Waals surface area contributed by atoms with Crippen molar-refractivity contribution in [3.05, 3.63) is 76.5 Å². The molecule has 0 saturated heterocycles. The van der Waals surface area contributed by atoms with Crippen molar-refractivity contribution in [3.8, 4) is 22.7 Å². The molecule has 2 aromatic carbocycles. The van der Waals surface area contributed by atoms with Crippen molar-refractivity contribution in [1.82, 2.24) is 9.78 Å². The molecule has 0 unspecified atom stereocenters. The van der Waals surface area contributed by atoms with Crippen LogP contribution >= 0.6 is 0 Å². The van der Waals surface area contributed by atoms with Gasteiger partial charge in [0.25, 0.3) is 0 Å². The van der Waals surface area contributed by atoms with Crippen LogP contribution in [-0.4, -0.2) is 32.9 Å². The van der Waals surface area contributed by atoms with Crippen LogP contribution in [0.5, 0.6) is 5.75 Å². The predicted molar refractivity (Wildman–Crippen MR) is 98.9 cm³/mol. The Balaban J connectivity index is 2.16. The minimum atomic E-state index is -1.10. The fourth-order valence-electron chi connectivity index (χ4n) is 2.59. The van der Waals surface area contributed by atoms with Crippen molar-refractivity contribution < 1.29 is 19.6 Å². The first-order chi connectivity index (χ1) is 13.0. The number of carboxylic acid groups (broad SMARTS) is 1. The Morgan fingerprint density at radius 2 is 2.00 bits per heavy atom. The van der Waals surface area contributed by atoms with Crippen LogP contribution < -0.4 is 4.74 Å². The summed E-state index contributed by atoms with van der Waals surface area (Å²) in [6, 6.07) is 13.7. The number of ether oxygens (including phenoxy) is 1. The first-order valence-electron chi connectivity index (χ1n) is 7.88. The van der Waals surface area contributed by atoms with E-state index in [-0.39, 0.29) is 11.4 Å². The second kappa shape index (κ2) is 7.52. The summed E-state index contributed by atoms with van der Waals surface area (Å²) in [7, 11) is 1.35. The highest BCUT2D eigenvalue weighted by molar-refractivity contribution is 5.87. The number of hydrogen-bond acceptors (Lipinski definition) is 5. The van der Waals surface area contributed by atoms with Crippen LogP contribution in [0, 0.1) is 10.1 Å². The number of carboxylic acids is 1. The van der Waals surface area contributed by atoms with Gasteiger partial charge in [0.2, 0.25) is 0 Å². The van der Waals surface area contributed by atoms with Gasteiger partial charge in [0, 0.05) is 29.5 Å². The average molecular weight is 365 g/mol. The third-order valence-electron chi connectivity index (χ3n) is 3.82. The van der Waals surface area contributed by atoms with Crippen molar-refractivity contribution in [2.75, 3.05) is 7.11 Å². The first-order valence-corrected chi connectivity index (χ1v) is 7.88. The van der Waals surface area contributed by atoms with Crippen LogP contribution in [0.25, 0.3) is 23.0 Å². The van der Waals surface area contributed by atoms with Crippen LogP contribution in [0.2, 0.25) is 0 Å². The van der Waals surface area contributed by atoms with Gasteiger partial charge in [0.1, 0.15) is 5.69 Å². The molecule has 0 radical (unpaired) electrons. The molecule has 3 rings (SSSR count). The number of para-hydroxylation sites is 1. The lowest BCUT2D eigenvalue weighted by Crippen LogP contribution is -1.96. The normalized spacial score (nSPS) is 10.9. The molecule has 3 aromatic rings. The quantitative estimate of drug-likeness (QED) is 0.407. The summed E-state index contributed by atoms with van der Waals surface area (Å²) in [6.45, 7) is 0. The molecule has 27 heavy (non-hydrogen) atoms. The molecule has 8 heteroatoms. The van der Waals surface area contributed by atoms with Gasteiger partial charge in [0.05, 0.1) is 17.7 Å². The Bertz CT molecular complexity index is 1030. The van der Waals surface area contributed by atoms with Gasteiger partial charge >= 0.3 is 11.7 Å². The van der Waals surface area contributed by atoms with Crippen LogP contribution in [0.15, 0.2) is 60.8 Å². The Hall–Kier alpha value is -3.94.